The molecule has 3 aliphatic rings. The van der Waals surface area contributed by atoms with Crippen molar-refractivity contribution in [3.05, 3.63) is 64.8 Å². The highest BCUT2D eigenvalue weighted by molar-refractivity contribution is 5.83. The van der Waals surface area contributed by atoms with Crippen molar-refractivity contribution in [1.29, 1.82) is 0 Å². The molecule has 2 amide bonds. The van der Waals surface area contributed by atoms with Gasteiger partial charge >= 0.3 is 6.36 Å². The first-order chi connectivity index (χ1) is 21.5. The summed E-state index contributed by atoms with van der Waals surface area (Å²) in [6.45, 7) is 8.24. The van der Waals surface area contributed by atoms with Crippen LogP contribution in [0.4, 0.5) is 13.2 Å². The van der Waals surface area contributed by atoms with Gasteiger partial charge in [-0.25, -0.2) is 0 Å². The van der Waals surface area contributed by atoms with E-state index in [2.05, 4.69) is 25.1 Å². The maximum absolute atomic E-state index is 13.4. The van der Waals surface area contributed by atoms with Gasteiger partial charge in [0.25, 0.3) is 0 Å². The molecule has 1 N–H and O–H groups in total. The van der Waals surface area contributed by atoms with Crippen LogP contribution in [0, 0.1) is 12.8 Å². The summed E-state index contributed by atoms with van der Waals surface area (Å²) in [5.74, 6) is 0.277. The number of rotatable bonds is 8. The molecule has 2 fully saturated rings. The molecule has 4 atom stereocenters. The lowest BCUT2D eigenvalue weighted by molar-refractivity contribution is -0.274. The van der Waals surface area contributed by atoms with Gasteiger partial charge in [-0.2, -0.15) is 4.98 Å². The number of morpholine rings is 1. The van der Waals surface area contributed by atoms with Gasteiger partial charge in [0.15, 0.2) is 5.82 Å². The average molecular weight is 628 g/mol. The van der Waals surface area contributed by atoms with Gasteiger partial charge in [0.05, 0.1) is 43.7 Å². The lowest BCUT2D eigenvalue weighted by Gasteiger charge is -2.40. The number of halogens is 3. The second-order valence-corrected chi connectivity index (χ2v) is 12.1. The normalized spacial score (nSPS) is 23.4. The fraction of sp³-hybridized carbons (Fsp3) is 0.500. The molecule has 13 heteroatoms. The highest BCUT2D eigenvalue weighted by atomic mass is 19.4. The van der Waals surface area contributed by atoms with Crippen molar-refractivity contribution >= 4 is 11.8 Å². The Labute approximate surface area is 258 Å². The van der Waals surface area contributed by atoms with Crippen molar-refractivity contribution in [2.45, 2.75) is 71.1 Å². The molecule has 2 aromatic carbocycles. The van der Waals surface area contributed by atoms with Crippen molar-refractivity contribution in [3.8, 4) is 16.9 Å². The van der Waals surface area contributed by atoms with Crippen LogP contribution in [0.1, 0.15) is 54.6 Å². The summed E-state index contributed by atoms with van der Waals surface area (Å²) in [5, 5.41) is 6.86. The zero-order chi connectivity index (χ0) is 31.9. The number of hydrogen-bond donors (Lipinski definition) is 1. The molecular formula is C32H36F3N5O5. The molecule has 1 saturated carbocycles. The summed E-state index contributed by atoms with van der Waals surface area (Å²) in [6.07, 6.45) is -3.58. The second kappa shape index (κ2) is 12.4. The highest BCUT2D eigenvalue weighted by Gasteiger charge is 2.47. The maximum atomic E-state index is 13.4. The van der Waals surface area contributed by atoms with Gasteiger partial charge in [0, 0.05) is 19.6 Å². The zero-order valence-corrected chi connectivity index (χ0v) is 25.4. The van der Waals surface area contributed by atoms with Crippen molar-refractivity contribution < 1.29 is 36.8 Å². The van der Waals surface area contributed by atoms with Crippen molar-refractivity contribution in [2.75, 3.05) is 26.3 Å². The predicted molar refractivity (Wildman–Crippen MR) is 156 cm³/mol. The van der Waals surface area contributed by atoms with Crippen LogP contribution < -0.4 is 10.1 Å². The summed E-state index contributed by atoms with van der Waals surface area (Å²) < 4.78 is 53.9. The van der Waals surface area contributed by atoms with Crippen LogP contribution >= 0.6 is 0 Å². The molecule has 2 aliphatic heterocycles. The Morgan fingerprint density at radius 1 is 1.11 bits per heavy atom. The lowest BCUT2D eigenvalue weighted by atomic mass is 9.87. The monoisotopic (exact) mass is 627 g/mol. The van der Waals surface area contributed by atoms with Crippen LogP contribution in [-0.4, -0.2) is 76.5 Å². The fourth-order valence-corrected chi connectivity index (χ4v) is 6.53. The van der Waals surface area contributed by atoms with E-state index >= 15 is 0 Å². The topological polar surface area (TPSA) is 110 Å². The number of amides is 2. The molecular weight excluding hydrogens is 591 g/mol. The first-order valence-corrected chi connectivity index (χ1v) is 15.2. The SMILES string of the molecule is Cc1noc([C@@H]2C[C@H]2C(=O)NCc2ccc(-c3cccc(OC(F)(F)F)c3)c3c2CN(CC(=O)N2[C@H](C)COC[C@H]2C)CC3)n1. The Balaban J connectivity index is 1.23. The molecule has 3 aromatic rings. The van der Waals surface area contributed by atoms with E-state index in [-0.39, 0.29) is 54.6 Å². The van der Waals surface area contributed by atoms with Gasteiger partial charge in [-0.1, -0.05) is 29.4 Å². The summed E-state index contributed by atoms with van der Waals surface area (Å²) >= 11 is 0. The Hall–Kier alpha value is -3.97. The Kier molecular flexibility index (Phi) is 8.57. The van der Waals surface area contributed by atoms with Gasteiger partial charge in [-0.3, -0.25) is 14.5 Å². The summed E-state index contributed by atoms with van der Waals surface area (Å²) in [6, 6.07) is 9.67. The van der Waals surface area contributed by atoms with Crippen LogP contribution in [0.15, 0.2) is 40.9 Å². The zero-order valence-electron chi connectivity index (χ0n) is 25.4. The summed E-state index contributed by atoms with van der Waals surface area (Å²) in [5.41, 5.74) is 4.22. The molecule has 0 unspecified atom stereocenters. The Bertz CT molecular complexity index is 1570. The number of carbonyl (C=O) groups is 2. The number of nitrogens with one attached hydrogen (secondary N) is 1. The second-order valence-electron chi connectivity index (χ2n) is 12.1. The Morgan fingerprint density at radius 2 is 1.89 bits per heavy atom. The number of aryl methyl sites for hydroxylation is 1. The first kappa shape index (κ1) is 31.0. The molecule has 240 valence electrons. The van der Waals surface area contributed by atoms with Crippen molar-refractivity contribution in [3.63, 3.8) is 0 Å². The number of aromatic nitrogens is 2. The van der Waals surface area contributed by atoms with Crippen LogP contribution in [-0.2, 0) is 33.8 Å². The number of fused-ring (bicyclic) bond motifs is 1. The largest absolute Gasteiger partial charge is 0.573 e. The van der Waals surface area contributed by atoms with Crippen LogP contribution in [0.2, 0.25) is 0 Å². The smallest absolute Gasteiger partial charge is 0.406 e. The molecule has 1 saturated heterocycles. The Morgan fingerprint density at radius 3 is 2.60 bits per heavy atom. The molecule has 1 aromatic heterocycles. The van der Waals surface area contributed by atoms with E-state index < -0.39 is 6.36 Å². The quantitative estimate of drug-likeness (QED) is 0.393. The van der Waals surface area contributed by atoms with E-state index in [1.54, 1.807) is 13.0 Å². The third-order valence-corrected chi connectivity index (χ3v) is 8.72. The minimum Gasteiger partial charge on any atom is -0.406 e. The van der Waals surface area contributed by atoms with Crippen LogP contribution in [0.3, 0.4) is 0 Å². The molecule has 45 heavy (non-hydrogen) atoms. The van der Waals surface area contributed by atoms with Crippen LogP contribution in [0.5, 0.6) is 5.75 Å². The average Bonchev–Trinajstić information content (AvgIpc) is 3.67. The maximum Gasteiger partial charge on any atom is 0.573 e. The highest BCUT2D eigenvalue weighted by Crippen LogP contribution is 2.47. The fourth-order valence-electron chi connectivity index (χ4n) is 6.53. The molecule has 3 heterocycles. The van der Waals surface area contributed by atoms with Gasteiger partial charge < -0.3 is 24.2 Å². The van der Waals surface area contributed by atoms with Gasteiger partial charge in [-0.15, -0.1) is 13.2 Å². The number of ether oxygens (including phenoxy) is 2. The first-order valence-electron chi connectivity index (χ1n) is 15.2. The third-order valence-electron chi connectivity index (χ3n) is 8.72. The van der Waals surface area contributed by atoms with E-state index in [0.717, 1.165) is 22.3 Å². The number of carbonyl (C=O) groups excluding carboxylic acids is 2. The van der Waals surface area contributed by atoms with E-state index in [4.69, 9.17) is 9.26 Å². The number of nitrogens with zero attached hydrogens (tertiary/aromatic N) is 4. The van der Waals surface area contributed by atoms with E-state index in [1.807, 2.05) is 30.9 Å². The van der Waals surface area contributed by atoms with Crippen molar-refractivity contribution in [2.24, 2.45) is 5.92 Å². The molecule has 0 spiro atoms. The lowest BCUT2D eigenvalue weighted by Crippen LogP contribution is -2.55. The minimum atomic E-state index is -4.80. The van der Waals surface area contributed by atoms with E-state index in [0.29, 0.717) is 56.4 Å². The number of benzene rings is 2. The molecule has 10 nitrogen and oxygen atoms in total. The van der Waals surface area contributed by atoms with E-state index in [1.165, 1.54) is 18.2 Å². The summed E-state index contributed by atoms with van der Waals surface area (Å²) in [7, 11) is 0. The number of hydrogen-bond acceptors (Lipinski definition) is 8. The predicted octanol–water partition coefficient (Wildman–Crippen LogP) is 4.36. The van der Waals surface area contributed by atoms with Gasteiger partial charge in [0.2, 0.25) is 17.7 Å². The molecule has 1 aliphatic carbocycles. The standard InChI is InChI=1S/C32H36F3N5O5/c1-18-16-43-17-19(2)40(18)29(41)15-39-10-9-25-24(21-5-4-6-23(11-21)44-32(33,34)35)8-7-22(28(25)14-39)13-36-30(42)26-12-27(26)31-37-20(3)38-45-31/h4-8,11,18-19,26-27H,9-10,12-17H2,1-3H3,(H,36,42)/t18-,19-,26-,27-/m1/s1. The van der Waals surface area contributed by atoms with E-state index in [9.17, 15) is 22.8 Å². The van der Waals surface area contributed by atoms with Crippen molar-refractivity contribution in [1.82, 2.24) is 25.3 Å². The molecule has 0 bridgehead atoms. The summed E-state index contributed by atoms with van der Waals surface area (Å²) in [4.78, 5) is 34.7. The van der Waals surface area contributed by atoms with Gasteiger partial charge in [0.1, 0.15) is 5.75 Å². The molecule has 0 radical (unpaired) electrons. The minimum absolute atomic E-state index is 0.0239. The van der Waals surface area contributed by atoms with Gasteiger partial charge in [-0.05, 0) is 73.6 Å². The van der Waals surface area contributed by atoms with Crippen LogP contribution in [0.25, 0.3) is 11.1 Å². The molecule has 6 rings (SSSR count). The third kappa shape index (κ3) is 6.99. The number of alkyl halides is 3.